The minimum Gasteiger partial charge on any atom is -0.492 e. The molecule has 2 aromatic rings. The van der Waals surface area contributed by atoms with Crippen LogP contribution in [0.4, 0.5) is 0 Å². The molecule has 0 aliphatic heterocycles. The summed E-state index contributed by atoms with van der Waals surface area (Å²) < 4.78 is 7.65. The minimum atomic E-state index is -0.307. The number of rotatable bonds is 4. The molecule has 1 heterocycles. The monoisotopic (exact) mass is 310 g/mol. The fourth-order valence-electron chi connectivity index (χ4n) is 1.41. The molecule has 18 heavy (non-hydrogen) atoms. The molecule has 0 unspecified atom stereocenters. The van der Waals surface area contributed by atoms with E-state index in [9.17, 15) is 9.59 Å². The minimum absolute atomic E-state index is 0.256. The molecule has 0 bridgehead atoms. The van der Waals surface area contributed by atoms with E-state index < -0.39 is 0 Å². The zero-order chi connectivity index (χ0) is 13.0. The van der Waals surface area contributed by atoms with Crippen molar-refractivity contribution in [3.8, 4) is 5.75 Å². The van der Waals surface area contributed by atoms with Gasteiger partial charge in [-0.3, -0.25) is 14.7 Å². The number of nitrogens with one attached hydrogen (secondary N) is 1. The second-order valence-corrected chi connectivity index (χ2v) is 4.52. The Kier molecular flexibility index (Phi) is 3.99. The van der Waals surface area contributed by atoms with Crippen LogP contribution in [0.2, 0.25) is 0 Å². The van der Waals surface area contributed by atoms with Crippen LogP contribution in [0.3, 0.4) is 0 Å². The molecule has 0 amide bonds. The van der Waals surface area contributed by atoms with Crippen LogP contribution < -0.4 is 15.9 Å². The molecule has 1 N–H and O–H groups in total. The Morgan fingerprint density at radius 2 is 1.83 bits per heavy atom. The standard InChI is InChI=1S/C12H11BrN2O3/c13-9-1-3-10(4-2-9)18-8-7-15-12(17)6-5-11(16)14-15/h1-6H,7-8H2,(H,14,16). The molecule has 1 aromatic carbocycles. The zero-order valence-electron chi connectivity index (χ0n) is 9.43. The molecule has 5 nitrogen and oxygen atoms in total. The van der Waals surface area contributed by atoms with Gasteiger partial charge < -0.3 is 4.74 Å². The number of hydrogen-bond acceptors (Lipinski definition) is 3. The second kappa shape index (κ2) is 5.68. The average molecular weight is 311 g/mol. The average Bonchev–Trinajstić information content (AvgIpc) is 2.36. The molecule has 1 aromatic heterocycles. The van der Waals surface area contributed by atoms with Crippen molar-refractivity contribution >= 4 is 15.9 Å². The van der Waals surface area contributed by atoms with Gasteiger partial charge in [0.25, 0.3) is 11.1 Å². The van der Waals surface area contributed by atoms with E-state index in [-0.39, 0.29) is 11.1 Å². The summed E-state index contributed by atoms with van der Waals surface area (Å²) in [7, 11) is 0. The SMILES string of the molecule is O=c1ccc(=O)n(CCOc2ccc(Br)cc2)[nH]1. The Hall–Kier alpha value is -1.82. The molecule has 2 rings (SSSR count). The summed E-state index contributed by atoms with van der Waals surface area (Å²) >= 11 is 3.33. The van der Waals surface area contributed by atoms with Crippen LogP contribution in [-0.2, 0) is 6.54 Å². The van der Waals surface area contributed by atoms with Gasteiger partial charge in [0, 0.05) is 16.6 Å². The van der Waals surface area contributed by atoms with E-state index >= 15 is 0 Å². The first-order valence-electron chi connectivity index (χ1n) is 5.34. The normalized spacial score (nSPS) is 10.3. The number of benzene rings is 1. The lowest BCUT2D eigenvalue weighted by Crippen LogP contribution is -2.29. The van der Waals surface area contributed by atoms with Crippen LogP contribution in [-0.4, -0.2) is 16.4 Å². The lowest BCUT2D eigenvalue weighted by molar-refractivity contribution is 0.287. The highest BCUT2D eigenvalue weighted by Gasteiger charge is 1.98. The lowest BCUT2D eigenvalue weighted by atomic mass is 10.3. The summed E-state index contributed by atoms with van der Waals surface area (Å²) in [6.45, 7) is 0.604. The molecular formula is C12H11BrN2O3. The molecule has 0 saturated carbocycles. The van der Waals surface area contributed by atoms with Gasteiger partial charge in [-0.25, -0.2) is 4.68 Å². The molecule has 0 radical (unpaired) electrons. The van der Waals surface area contributed by atoms with Crippen molar-refractivity contribution in [1.29, 1.82) is 0 Å². The molecule has 94 valence electrons. The summed E-state index contributed by atoms with van der Waals surface area (Å²) in [5.74, 6) is 0.713. The number of halogens is 1. The Labute approximate surface area is 111 Å². The van der Waals surface area contributed by atoms with Crippen LogP contribution in [0.15, 0.2) is 50.5 Å². The van der Waals surface area contributed by atoms with Crippen LogP contribution in [0.25, 0.3) is 0 Å². The van der Waals surface area contributed by atoms with E-state index in [1.54, 1.807) is 0 Å². The van der Waals surface area contributed by atoms with Crippen molar-refractivity contribution in [2.45, 2.75) is 6.54 Å². The van der Waals surface area contributed by atoms with E-state index in [0.717, 1.165) is 4.47 Å². The van der Waals surface area contributed by atoms with Gasteiger partial charge in [0.2, 0.25) is 0 Å². The third-order valence-electron chi connectivity index (χ3n) is 2.29. The Morgan fingerprint density at radius 3 is 2.56 bits per heavy atom. The van der Waals surface area contributed by atoms with Crippen molar-refractivity contribution in [3.63, 3.8) is 0 Å². The van der Waals surface area contributed by atoms with Gasteiger partial charge in [0.05, 0.1) is 6.54 Å². The summed E-state index contributed by atoms with van der Waals surface area (Å²) in [5.41, 5.74) is -0.563. The quantitative estimate of drug-likeness (QED) is 0.928. The van der Waals surface area contributed by atoms with E-state index in [1.165, 1.54) is 16.8 Å². The fraction of sp³-hybridized carbons (Fsp3) is 0.167. The highest BCUT2D eigenvalue weighted by Crippen LogP contribution is 2.15. The van der Waals surface area contributed by atoms with Gasteiger partial charge in [-0.2, -0.15) is 0 Å². The molecule has 6 heteroatoms. The highest BCUT2D eigenvalue weighted by molar-refractivity contribution is 9.10. The maximum Gasteiger partial charge on any atom is 0.265 e. The van der Waals surface area contributed by atoms with Gasteiger partial charge in [0.1, 0.15) is 12.4 Å². The van der Waals surface area contributed by atoms with E-state index in [4.69, 9.17) is 4.74 Å². The van der Waals surface area contributed by atoms with Crippen molar-refractivity contribution in [2.24, 2.45) is 0 Å². The Morgan fingerprint density at radius 1 is 1.11 bits per heavy atom. The van der Waals surface area contributed by atoms with Crippen molar-refractivity contribution < 1.29 is 4.74 Å². The number of hydrogen-bond donors (Lipinski definition) is 1. The number of nitrogens with zero attached hydrogens (tertiary/aromatic N) is 1. The fourth-order valence-corrected chi connectivity index (χ4v) is 1.68. The van der Waals surface area contributed by atoms with Crippen molar-refractivity contribution in [3.05, 3.63) is 61.6 Å². The van der Waals surface area contributed by atoms with Crippen LogP contribution in [0.1, 0.15) is 0 Å². The molecule has 0 aliphatic carbocycles. The predicted octanol–water partition coefficient (Wildman–Crippen LogP) is 1.38. The smallest absolute Gasteiger partial charge is 0.265 e. The molecule has 0 spiro atoms. The van der Waals surface area contributed by atoms with E-state index in [0.29, 0.717) is 18.9 Å². The number of ether oxygens (including phenoxy) is 1. The lowest BCUT2D eigenvalue weighted by Gasteiger charge is -2.07. The zero-order valence-corrected chi connectivity index (χ0v) is 11.0. The molecular weight excluding hydrogens is 300 g/mol. The van der Waals surface area contributed by atoms with E-state index in [2.05, 4.69) is 21.0 Å². The Bertz CT molecular complexity index is 631. The molecule has 0 fully saturated rings. The topological polar surface area (TPSA) is 64.1 Å². The number of H-pyrrole nitrogens is 1. The summed E-state index contributed by atoms with van der Waals surface area (Å²) in [5, 5.41) is 2.43. The molecule has 0 saturated heterocycles. The first-order chi connectivity index (χ1) is 8.65. The third kappa shape index (κ3) is 3.33. The first-order valence-corrected chi connectivity index (χ1v) is 6.13. The van der Waals surface area contributed by atoms with Crippen LogP contribution in [0, 0.1) is 0 Å². The van der Waals surface area contributed by atoms with Crippen molar-refractivity contribution in [2.75, 3.05) is 6.61 Å². The van der Waals surface area contributed by atoms with E-state index in [1.807, 2.05) is 24.3 Å². The van der Waals surface area contributed by atoms with Gasteiger partial charge in [0.15, 0.2) is 0 Å². The maximum absolute atomic E-state index is 11.4. The molecule has 0 aliphatic rings. The third-order valence-corrected chi connectivity index (χ3v) is 2.81. The highest BCUT2D eigenvalue weighted by atomic mass is 79.9. The predicted molar refractivity (Wildman–Crippen MR) is 71.0 cm³/mol. The van der Waals surface area contributed by atoms with Gasteiger partial charge in [-0.1, -0.05) is 15.9 Å². The summed E-state index contributed by atoms with van der Waals surface area (Å²) in [6, 6.07) is 9.81. The largest absolute Gasteiger partial charge is 0.492 e. The summed E-state index contributed by atoms with van der Waals surface area (Å²) in [4.78, 5) is 22.4. The number of aromatic nitrogens is 2. The maximum atomic E-state index is 11.4. The van der Waals surface area contributed by atoms with Crippen LogP contribution in [0.5, 0.6) is 5.75 Å². The van der Waals surface area contributed by atoms with Crippen molar-refractivity contribution in [1.82, 2.24) is 9.78 Å². The summed E-state index contributed by atoms with van der Waals surface area (Å²) in [6.07, 6.45) is 0. The van der Waals surface area contributed by atoms with Gasteiger partial charge in [-0.15, -0.1) is 0 Å². The molecule has 0 atom stereocenters. The second-order valence-electron chi connectivity index (χ2n) is 3.60. The van der Waals surface area contributed by atoms with Crippen LogP contribution >= 0.6 is 15.9 Å². The Balaban J connectivity index is 1.96. The number of aromatic amines is 1. The first kappa shape index (κ1) is 12.6. The van der Waals surface area contributed by atoms with Gasteiger partial charge in [-0.05, 0) is 24.3 Å². The van der Waals surface area contributed by atoms with Gasteiger partial charge >= 0.3 is 0 Å².